The fourth-order valence-electron chi connectivity index (χ4n) is 3.50. The summed E-state index contributed by atoms with van der Waals surface area (Å²) in [7, 11) is 2.95. The summed E-state index contributed by atoms with van der Waals surface area (Å²) in [6.45, 7) is 2.00. The van der Waals surface area contributed by atoms with Crippen LogP contribution in [0.2, 0.25) is 0 Å². The Morgan fingerprint density at radius 2 is 1.61 bits per heavy atom. The molecule has 0 saturated heterocycles. The third-order valence-electron chi connectivity index (χ3n) is 5.34. The van der Waals surface area contributed by atoms with Crippen LogP contribution in [0.4, 0.5) is 16.2 Å². The lowest BCUT2D eigenvalue weighted by Crippen LogP contribution is -2.25. The molecule has 0 aliphatic rings. The van der Waals surface area contributed by atoms with Gasteiger partial charge in [0.05, 0.1) is 18.4 Å². The molecule has 0 saturated carbocycles. The Morgan fingerprint density at radius 1 is 0.939 bits per heavy atom. The molecule has 1 aromatic heterocycles. The third-order valence-corrected chi connectivity index (χ3v) is 5.34. The molecule has 4 aromatic rings. The summed E-state index contributed by atoms with van der Waals surface area (Å²) in [6, 6.07) is 24.5. The topological polar surface area (TPSA) is 76.5 Å². The number of amides is 2. The highest BCUT2D eigenvalue weighted by Gasteiger charge is 2.20. The molecule has 7 nitrogen and oxygen atoms in total. The zero-order valence-electron chi connectivity index (χ0n) is 18.6. The number of aryl methyl sites for hydroxylation is 1. The lowest BCUT2D eigenvalue weighted by molar-refractivity contribution is 0.102. The summed E-state index contributed by atoms with van der Waals surface area (Å²) in [5.41, 5.74) is 5.11. The summed E-state index contributed by atoms with van der Waals surface area (Å²) >= 11 is 0. The van der Waals surface area contributed by atoms with Gasteiger partial charge in [0.15, 0.2) is 0 Å². The standard InChI is InChI=1S/C26H24N4O3/c1-18-9-7-8-12-22(18)24-23(17-30(28-24)21-10-5-4-6-11-21)25(31)27-19-13-15-20(16-14-19)29(2)26(32)33-3/h4-17H,1-3H3,(H,27,31). The molecule has 1 heterocycles. The van der Waals surface area contributed by atoms with E-state index < -0.39 is 6.09 Å². The molecule has 0 fully saturated rings. The van der Waals surface area contributed by atoms with E-state index in [4.69, 9.17) is 9.84 Å². The van der Waals surface area contributed by atoms with Crippen molar-refractivity contribution in [2.24, 2.45) is 0 Å². The molecular formula is C26H24N4O3. The molecule has 0 aliphatic heterocycles. The van der Waals surface area contributed by atoms with Crippen LogP contribution in [0.25, 0.3) is 16.9 Å². The van der Waals surface area contributed by atoms with Gasteiger partial charge in [-0.25, -0.2) is 9.48 Å². The van der Waals surface area contributed by atoms with E-state index in [1.54, 1.807) is 42.2 Å². The Morgan fingerprint density at radius 3 is 2.27 bits per heavy atom. The van der Waals surface area contributed by atoms with Gasteiger partial charge in [-0.05, 0) is 48.9 Å². The number of methoxy groups -OCH3 is 1. The number of hydrogen-bond donors (Lipinski definition) is 1. The molecule has 166 valence electrons. The van der Waals surface area contributed by atoms with Crippen LogP contribution in [0.1, 0.15) is 15.9 Å². The van der Waals surface area contributed by atoms with Crippen LogP contribution in [-0.4, -0.2) is 35.9 Å². The minimum Gasteiger partial charge on any atom is -0.452 e. The predicted octanol–water partition coefficient (Wildman–Crippen LogP) is 5.30. The zero-order chi connectivity index (χ0) is 23.4. The van der Waals surface area contributed by atoms with Gasteiger partial charge >= 0.3 is 6.09 Å². The Balaban J connectivity index is 1.66. The minimum atomic E-state index is -0.469. The van der Waals surface area contributed by atoms with Gasteiger partial charge in [0, 0.05) is 30.2 Å². The normalized spacial score (nSPS) is 10.5. The molecule has 2 amide bonds. The second-order valence-corrected chi connectivity index (χ2v) is 7.52. The molecule has 0 radical (unpaired) electrons. The van der Waals surface area contributed by atoms with Crippen molar-refractivity contribution in [2.45, 2.75) is 6.92 Å². The van der Waals surface area contributed by atoms with Gasteiger partial charge < -0.3 is 10.1 Å². The Labute approximate surface area is 192 Å². The maximum absolute atomic E-state index is 13.3. The average Bonchev–Trinajstić information content (AvgIpc) is 3.30. The summed E-state index contributed by atoms with van der Waals surface area (Å²) in [5.74, 6) is -0.274. The summed E-state index contributed by atoms with van der Waals surface area (Å²) in [5, 5.41) is 7.67. The maximum atomic E-state index is 13.3. The fourth-order valence-corrected chi connectivity index (χ4v) is 3.50. The van der Waals surface area contributed by atoms with Crippen LogP contribution in [-0.2, 0) is 4.74 Å². The first-order valence-electron chi connectivity index (χ1n) is 10.4. The van der Waals surface area contributed by atoms with Crippen molar-refractivity contribution in [1.82, 2.24) is 9.78 Å². The zero-order valence-corrected chi connectivity index (χ0v) is 18.6. The van der Waals surface area contributed by atoms with E-state index in [2.05, 4.69) is 5.32 Å². The first-order chi connectivity index (χ1) is 16.0. The van der Waals surface area contributed by atoms with E-state index in [0.29, 0.717) is 22.6 Å². The van der Waals surface area contributed by atoms with Crippen molar-refractivity contribution in [3.63, 3.8) is 0 Å². The van der Waals surface area contributed by atoms with Crippen LogP contribution < -0.4 is 10.2 Å². The van der Waals surface area contributed by atoms with Crippen molar-refractivity contribution in [1.29, 1.82) is 0 Å². The molecule has 4 rings (SSSR count). The SMILES string of the molecule is COC(=O)N(C)c1ccc(NC(=O)c2cn(-c3ccccc3)nc2-c2ccccc2C)cc1. The molecule has 0 unspecified atom stereocenters. The van der Waals surface area contributed by atoms with Gasteiger partial charge in [0.1, 0.15) is 5.69 Å². The number of anilines is 2. The molecular weight excluding hydrogens is 416 g/mol. The lowest BCUT2D eigenvalue weighted by atomic mass is 10.0. The number of benzene rings is 3. The maximum Gasteiger partial charge on any atom is 0.413 e. The Bertz CT molecular complexity index is 1280. The second-order valence-electron chi connectivity index (χ2n) is 7.52. The van der Waals surface area contributed by atoms with Crippen molar-refractivity contribution in [3.8, 4) is 16.9 Å². The number of rotatable bonds is 5. The number of nitrogens with one attached hydrogen (secondary N) is 1. The van der Waals surface area contributed by atoms with E-state index in [9.17, 15) is 9.59 Å². The highest BCUT2D eigenvalue weighted by molar-refractivity contribution is 6.08. The average molecular weight is 441 g/mol. The number of carbonyl (C=O) groups is 2. The first-order valence-corrected chi connectivity index (χ1v) is 10.4. The first kappa shape index (κ1) is 21.8. The largest absolute Gasteiger partial charge is 0.452 e. The Hall–Kier alpha value is -4.39. The van der Waals surface area contributed by atoms with Gasteiger partial charge in [-0.1, -0.05) is 42.5 Å². The van der Waals surface area contributed by atoms with Gasteiger partial charge in [-0.15, -0.1) is 0 Å². The van der Waals surface area contributed by atoms with Crippen molar-refractivity contribution in [3.05, 3.63) is 96.2 Å². The molecule has 33 heavy (non-hydrogen) atoms. The van der Waals surface area contributed by atoms with Gasteiger partial charge in [-0.2, -0.15) is 5.10 Å². The lowest BCUT2D eigenvalue weighted by Gasteiger charge is -2.16. The predicted molar refractivity (Wildman–Crippen MR) is 129 cm³/mol. The molecule has 7 heteroatoms. The molecule has 0 atom stereocenters. The fraction of sp³-hybridized carbons (Fsp3) is 0.115. The van der Waals surface area contributed by atoms with Crippen molar-refractivity contribution in [2.75, 3.05) is 24.4 Å². The van der Waals surface area contributed by atoms with E-state index in [0.717, 1.165) is 16.8 Å². The Kier molecular flexibility index (Phi) is 6.22. The molecule has 0 spiro atoms. The van der Waals surface area contributed by atoms with Crippen LogP contribution in [0, 0.1) is 6.92 Å². The van der Waals surface area contributed by atoms with E-state index in [-0.39, 0.29) is 5.91 Å². The number of aromatic nitrogens is 2. The molecule has 0 aliphatic carbocycles. The summed E-state index contributed by atoms with van der Waals surface area (Å²) in [6.07, 6.45) is 1.27. The quantitative estimate of drug-likeness (QED) is 0.457. The van der Waals surface area contributed by atoms with Gasteiger partial charge in [0.25, 0.3) is 5.91 Å². The highest BCUT2D eigenvalue weighted by atomic mass is 16.5. The van der Waals surface area contributed by atoms with E-state index in [1.807, 2.05) is 61.5 Å². The monoisotopic (exact) mass is 440 g/mol. The number of carbonyl (C=O) groups excluding carboxylic acids is 2. The van der Waals surface area contributed by atoms with Crippen molar-refractivity contribution >= 4 is 23.4 Å². The summed E-state index contributed by atoms with van der Waals surface area (Å²) in [4.78, 5) is 26.4. The number of hydrogen-bond acceptors (Lipinski definition) is 4. The van der Waals surface area contributed by atoms with Crippen molar-refractivity contribution < 1.29 is 14.3 Å². The van der Waals surface area contributed by atoms with E-state index >= 15 is 0 Å². The minimum absolute atomic E-state index is 0.274. The smallest absolute Gasteiger partial charge is 0.413 e. The highest BCUT2D eigenvalue weighted by Crippen LogP contribution is 2.27. The molecule has 1 N–H and O–H groups in total. The number of nitrogens with zero attached hydrogens (tertiary/aromatic N) is 3. The van der Waals surface area contributed by atoms with Crippen LogP contribution >= 0.6 is 0 Å². The number of ether oxygens (including phenoxy) is 1. The van der Waals surface area contributed by atoms with Gasteiger partial charge in [0.2, 0.25) is 0 Å². The molecule has 3 aromatic carbocycles. The van der Waals surface area contributed by atoms with Gasteiger partial charge in [-0.3, -0.25) is 9.69 Å². The second kappa shape index (κ2) is 9.40. The molecule has 0 bridgehead atoms. The third kappa shape index (κ3) is 4.62. The summed E-state index contributed by atoms with van der Waals surface area (Å²) < 4.78 is 6.44. The van der Waals surface area contributed by atoms with E-state index in [1.165, 1.54) is 12.0 Å². The van der Waals surface area contributed by atoms with Crippen LogP contribution in [0.15, 0.2) is 85.1 Å². The van der Waals surface area contributed by atoms with Crippen LogP contribution in [0.5, 0.6) is 0 Å². The van der Waals surface area contributed by atoms with Crippen LogP contribution in [0.3, 0.4) is 0 Å². The number of para-hydroxylation sites is 1.